The molecule has 0 saturated carbocycles. The van der Waals surface area contributed by atoms with Crippen LogP contribution in [-0.4, -0.2) is 26.9 Å². The first-order valence-electron chi connectivity index (χ1n) is 5.88. The summed E-state index contributed by atoms with van der Waals surface area (Å²) >= 11 is 0. The lowest BCUT2D eigenvalue weighted by atomic mass is 10.2. The Morgan fingerprint density at radius 2 is 2.22 bits per heavy atom. The molecule has 2 N–H and O–H groups in total. The molecule has 1 saturated heterocycles. The minimum atomic E-state index is -3.47. The van der Waals surface area contributed by atoms with Crippen molar-refractivity contribution in [3.63, 3.8) is 0 Å². The summed E-state index contributed by atoms with van der Waals surface area (Å²) in [4.78, 5) is 0.00176. The quantitative estimate of drug-likeness (QED) is 0.670. The molecule has 0 spiro atoms. The van der Waals surface area contributed by atoms with Crippen molar-refractivity contribution in [3.05, 3.63) is 24.0 Å². The van der Waals surface area contributed by atoms with E-state index in [9.17, 15) is 12.8 Å². The molecule has 0 aromatic heterocycles. The van der Waals surface area contributed by atoms with Crippen molar-refractivity contribution in [2.45, 2.75) is 30.3 Å². The zero-order chi connectivity index (χ0) is 13.2. The van der Waals surface area contributed by atoms with Crippen molar-refractivity contribution >= 4 is 15.5 Å². The lowest BCUT2D eigenvalue weighted by Gasteiger charge is -2.11. The van der Waals surface area contributed by atoms with Gasteiger partial charge in [0.05, 0.1) is 22.4 Å². The third-order valence-corrected chi connectivity index (χ3v) is 4.85. The topological polar surface area (TPSA) is 69.4 Å². The van der Waals surface area contributed by atoms with Gasteiger partial charge < -0.3 is 10.5 Å². The number of anilines is 1. The summed E-state index contributed by atoms with van der Waals surface area (Å²) in [5.41, 5.74) is 5.50. The van der Waals surface area contributed by atoms with Gasteiger partial charge in [0.15, 0.2) is 9.84 Å². The second-order valence-corrected chi connectivity index (χ2v) is 6.50. The Hall–Kier alpha value is -1.14. The van der Waals surface area contributed by atoms with Gasteiger partial charge in [-0.3, -0.25) is 0 Å². The lowest BCUT2D eigenvalue weighted by Crippen LogP contribution is -2.15. The van der Waals surface area contributed by atoms with Crippen LogP contribution < -0.4 is 5.73 Å². The van der Waals surface area contributed by atoms with E-state index in [-0.39, 0.29) is 22.4 Å². The van der Waals surface area contributed by atoms with E-state index >= 15 is 0 Å². The second kappa shape index (κ2) is 5.24. The number of ether oxygens (including phenoxy) is 1. The predicted molar refractivity (Wildman–Crippen MR) is 66.5 cm³/mol. The Morgan fingerprint density at radius 3 is 2.83 bits per heavy atom. The van der Waals surface area contributed by atoms with Gasteiger partial charge in [-0.05, 0) is 37.5 Å². The predicted octanol–water partition coefficient (Wildman–Crippen LogP) is 1.75. The number of nitrogens with two attached hydrogens (primary N) is 1. The molecule has 100 valence electrons. The van der Waals surface area contributed by atoms with Crippen LogP contribution in [0.15, 0.2) is 23.1 Å². The molecule has 1 aromatic carbocycles. The highest BCUT2D eigenvalue weighted by atomic mass is 32.2. The molecular weight excluding hydrogens is 257 g/mol. The van der Waals surface area contributed by atoms with Crippen molar-refractivity contribution in [2.24, 2.45) is 0 Å². The van der Waals surface area contributed by atoms with Gasteiger partial charge in [0, 0.05) is 6.61 Å². The van der Waals surface area contributed by atoms with Crippen molar-refractivity contribution in [1.82, 2.24) is 0 Å². The third kappa shape index (κ3) is 3.00. The van der Waals surface area contributed by atoms with Gasteiger partial charge in [-0.25, -0.2) is 12.8 Å². The summed E-state index contributed by atoms with van der Waals surface area (Å²) in [5, 5.41) is 0. The van der Waals surface area contributed by atoms with Crippen LogP contribution in [0.4, 0.5) is 10.1 Å². The zero-order valence-electron chi connectivity index (χ0n) is 9.93. The molecule has 2 rings (SSSR count). The van der Waals surface area contributed by atoms with E-state index in [4.69, 9.17) is 10.5 Å². The normalized spacial score (nSPS) is 20.2. The van der Waals surface area contributed by atoms with Crippen LogP contribution in [0, 0.1) is 5.82 Å². The average molecular weight is 273 g/mol. The summed E-state index contributed by atoms with van der Waals surface area (Å²) in [5.74, 6) is -0.557. The van der Waals surface area contributed by atoms with E-state index in [1.165, 1.54) is 6.07 Å². The Morgan fingerprint density at radius 1 is 1.44 bits per heavy atom. The number of hydrogen-bond donors (Lipinski definition) is 1. The van der Waals surface area contributed by atoms with Gasteiger partial charge in [-0.2, -0.15) is 0 Å². The van der Waals surface area contributed by atoms with E-state index in [2.05, 4.69) is 0 Å². The van der Waals surface area contributed by atoms with E-state index in [0.717, 1.165) is 25.0 Å². The summed E-state index contributed by atoms with van der Waals surface area (Å²) < 4.78 is 42.4. The smallest absolute Gasteiger partial charge is 0.180 e. The fourth-order valence-corrected chi connectivity index (χ4v) is 3.56. The zero-order valence-corrected chi connectivity index (χ0v) is 10.7. The molecule has 1 aromatic rings. The van der Waals surface area contributed by atoms with Gasteiger partial charge in [0.2, 0.25) is 0 Å². The molecule has 1 aliphatic rings. The number of nitrogen functional groups attached to an aromatic ring is 1. The average Bonchev–Trinajstić information content (AvgIpc) is 2.78. The fraction of sp³-hybridized carbons (Fsp3) is 0.500. The maximum atomic E-state index is 12.9. The molecule has 1 aliphatic heterocycles. The summed E-state index contributed by atoms with van der Waals surface area (Å²) in [6.45, 7) is 0.698. The highest BCUT2D eigenvalue weighted by molar-refractivity contribution is 7.91. The first-order chi connectivity index (χ1) is 8.49. The van der Waals surface area contributed by atoms with Gasteiger partial charge in [-0.1, -0.05) is 0 Å². The van der Waals surface area contributed by atoms with Crippen LogP contribution in [0.25, 0.3) is 0 Å². The van der Waals surface area contributed by atoms with Crippen LogP contribution in [-0.2, 0) is 14.6 Å². The maximum absolute atomic E-state index is 12.9. The van der Waals surface area contributed by atoms with Gasteiger partial charge >= 0.3 is 0 Å². The minimum absolute atomic E-state index is 0.00176. The maximum Gasteiger partial charge on any atom is 0.180 e. The number of halogens is 1. The number of rotatable bonds is 4. The molecule has 18 heavy (non-hydrogen) atoms. The Balaban J connectivity index is 2.09. The van der Waals surface area contributed by atoms with E-state index in [1.54, 1.807) is 0 Å². The van der Waals surface area contributed by atoms with E-state index in [1.807, 2.05) is 0 Å². The van der Waals surface area contributed by atoms with Gasteiger partial charge in [0.25, 0.3) is 0 Å². The highest BCUT2D eigenvalue weighted by Crippen LogP contribution is 2.23. The number of hydrogen-bond acceptors (Lipinski definition) is 4. The van der Waals surface area contributed by atoms with Crippen LogP contribution >= 0.6 is 0 Å². The van der Waals surface area contributed by atoms with Crippen molar-refractivity contribution in [1.29, 1.82) is 0 Å². The molecule has 1 heterocycles. The van der Waals surface area contributed by atoms with Gasteiger partial charge in [0.1, 0.15) is 5.82 Å². The van der Waals surface area contributed by atoms with Crippen LogP contribution in [0.5, 0.6) is 0 Å². The Labute approximate surface area is 106 Å². The molecule has 1 unspecified atom stereocenters. The molecule has 1 atom stereocenters. The van der Waals surface area contributed by atoms with Crippen molar-refractivity contribution in [2.75, 3.05) is 18.1 Å². The largest absolute Gasteiger partial charge is 0.398 e. The second-order valence-electron chi connectivity index (χ2n) is 4.42. The van der Waals surface area contributed by atoms with Gasteiger partial charge in [-0.15, -0.1) is 0 Å². The standard InChI is InChI=1S/C12H16FNO3S/c13-9-3-4-12(11(14)8-9)18(15,16)7-5-10-2-1-6-17-10/h3-4,8,10H,1-2,5-7,14H2. The monoisotopic (exact) mass is 273 g/mol. The molecular formula is C12H16FNO3S. The highest BCUT2D eigenvalue weighted by Gasteiger charge is 2.22. The van der Waals surface area contributed by atoms with Crippen LogP contribution in [0.2, 0.25) is 0 Å². The Bertz CT molecular complexity index is 524. The minimum Gasteiger partial charge on any atom is -0.398 e. The molecule has 0 amide bonds. The Kier molecular flexibility index (Phi) is 3.87. The molecule has 1 fully saturated rings. The fourth-order valence-electron chi connectivity index (χ4n) is 2.07. The van der Waals surface area contributed by atoms with Crippen LogP contribution in [0.1, 0.15) is 19.3 Å². The van der Waals surface area contributed by atoms with Crippen LogP contribution in [0.3, 0.4) is 0 Å². The summed E-state index contributed by atoms with van der Waals surface area (Å²) in [6.07, 6.45) is 2.35. The van der Waals surface area contributed by atoms with Crippen molar-refractivity contribution < 1.29 is 17.5 Å². The lowest BCUT2D eigenvalue weighted by molar-refractivity contribution is 0.109. The van der Waals surface area contributed by atoms with E-state index in [0.29, 0.717) is 13.0 Å². The third-order valence-electron chi connectivity index (χ3n) is 3.04. The molecule has 6 heteroatoms. The molecule has 0 radical (unpaired) electrons. The first-order valence-corrected chi connectivity index (χ1v) is 7.53. The molecule has 0 bridgehead atoms. The molecule has 0 aliphatic carbocycles. The number of benzene rings is 1. The van der Waals surface area contributed by atoms with E-state index < -0.39 is 15.7 Å². The summed E-state index contributed by atoms with van der Waals surface area (Å²) in [6, 6.07) is 3.35. The SMILES string of the molecule is Nc1cc(F)ccc1S(=O)(=O)CCC1CCCO1. The first kappa shape index (κ1) is 13.3. The number of sulfone groups is 1. The van der Waals surface area contributed by atoms with Crippen molar-refractivity contribution in [3.8, 4) is 0 Å². The summed E-state index contributed by atoms with van der Waals surface area (Å²) in [7, 11) is -3.47. The molecule has 4 nitrogen and oxygen atoms in total.